The highest BCUT2D eigenvalue weighted by Crippen LogP contribution is 2.35. The minimum absolute atomic E-state index is 0.0919. The number of benzene rings is 1. The highest BCUT2D eigenvalue weighted by Gasteiger charge is 2.33. The molecule has 2 unspecified atom stereocenters. The normalized spacial score (nSPS) is 21.1. The largest absolute Gasteiger partial charge is 0.391 e. The highest BCUT2D eigenvalue weighted by atomic mass is 19.1. The third-order valence-corrected chi connectivity index (χ3v) is 6.76. The molecular weight excluding hydrogens is 451 g/mol. The van der Waals surface area contributed by atoms with Crippen LogP contribution in [0.4, 0.5) is 16.0 Å². The molecule has 10 heteroatoms. The van der Waals surface area contributed by atoms with Gasteiger partial charge in [-0.05, 0) is 50.8 Å². The van der Waals surface area contributed by atoms with Crippen molar-refractivity contribution < 1.29 is 19.4 Å². The van der Waals surface area contributed by atoms with Crippen LogP contribution in [0, 0.1) is 11.7 Å². The predicted octanol–water partition coefficient (Wildman–Crippen LogP) is 1.59. The Morgan fingerprint density at radius 2 is 1.97 bits per heavy atom. The van der Waals surface area contributed by atoms with Crippen LogP contribution >= 0.6 is 0 Å². The van der Waals surface area contributed by atoms with Gasteiger partial charge in [-0.2, -0.15) is 4.39 Å². The zero-order valence-electron chi connectivity index (χ0n) is 20.3. The molecule has 2 fully saturated rings. The van der Waals surface area contributed by atoms with E-state index in [9.17, 15) is 15.0 Å². The number of hydrogen-bond donors (Lipinski definition) is 4. The molecule has 9 nitrogen and oxygen atoms in total. The predicted molar refractivity (Wildman–Crippen MR) is 131 cm³/mol. The molecule has 1 amide bonds. The quantitative estimate of drug-likeness (QED) is 0.399. The van der Waals surface area contributed by atoms with Gasteiger partial charge < -0.3 is 26.2 Å². The monoisotopic (exact) mass is 486 g/mol. The van der Waals surface area contributed by atoms with Crippen molar-refractivity contribution in [1.82, 2.24) is 14.9 Å². The second-order valence-electron chi connectivity index (χ2n) is 10.2. The van der Waals surface area contributed by atoms with E-state index in [1.54, 1.807) is 13.8 Å². The summed E-state index contributed by atoms with van der Waals surface area (Å²) in [6.07, 6.45) is 3.33. The van der Waals surface area contributed by atoms with Gasteiger partial charge in [0.25, 0.3) is 0 Å². The highest BCUT2D eigenvalue weighted by molar-refractivity contribution is 5.75. The van der Waals surface area contributed by atoms with Crippen molar-refractivity contribution in [3.05, 3.63) is 47.5 Å². The Morgan fingerprint density at radius 1 is 1.26 bits per heavy atom. The van der Waals surface area contributed by atoms with Crippen LogP contribution < -0.4 is 16.0 Å². The van der Waals surface area contributed by atoms with Crippen LogP contribution in [0.3, 0.4) is 0 Å². The van der Waals surface area contributed by atoms with Crippen LogP contribution in [0.1, 0.15) is 44.2 Å². The maximum Gasteiger partial charge on any atom is 0.231 e. The Bertz CT molecular complexity index is 1020. The van der Waals surface area contributed by atoms with Crippen LogP contribution in [-0.2, 0) is 16.9 Å². The minimum Gasteiger partial charge on any atom is -0.391 e. The van der Waals surface area contributed by atoms with Gasteiger partial charge >= 0.3 is 0 Å². The number of piperidine rings is 1. The molecule has 1 saturated carbocycles. The average molecular weight is 487 g/mol. The molecular formula is C25H35FN6O3. The number of primary amides is 1. The summed E-state index contributed by atoms with van der Waals surface area (Å²) >= 11 is 0. The third kappa shape index (κ3) is 6.45. The first kappa shape index (κ1) is 25.3. The van der Waals surface area contributed by atoms with E-state index >= 15 is 4.39 Å². The van der Waals surface area contributed by atoms with E-state index in [1.807, 2.05) is 34.1 Å². The van der Waals surface area contributed by atoms with E-state index in [4.69, 9.17) is 5.73 Å². The Balaban J connectivity index is 1.42. The lowest BCUT2D eigenvalue weighted by Gasteiger charge is -2.35. The summed E-state index contributed by atoms with van der Waals surface area (Å²) in [7, 11) is 0. The molecule has 1 aliphatic carbocycles. The smallest absolute Gasteiger partial charge is 0.231 e. The number of nitrogens with one attached hydrogen (secondary N) is 1. The summed E-state index contributed by atoms with van der Waals surface area (Å²) in [5.41, 5.74) is 6.15. The fourth-order valence-electron chi connectivity index (χ4n) is 4.54. The van der Waals surface area contributed by atoms with Crippen LogP contribution in [0.2, 0.25) is 0 Å². The van der Waals surface area contributed by atoms with Gasteiger partial charge in [0, 0.05) is 31.6 Å². The van der Waals surface area contributed by atoms with Gasteiger partial charge in [-0.25, -0.2) is 9.97 Å². The van der Waals surface area contributed by atoms with Gasteiger partial charge in [-0.3, -0.25) is 9.69 Å². The first-order valence-electron chi connectivity index (χ1n) is 12.1. The van der Waals surface area contributed by atoms with E-state index in [0.717, 1.165) is 24.0 Å². The Hall–Kier alpha value is -2.82. The van der Waals surface area contributed by atoms with E-state index in [-0.39, 0.29) is 30.1 Å². The lowest BCUT2D eigenvalue weighted by atomic mass is 9.93. The van der Waals surface area contributed by atoms with Gasteiger partial charge in [0.05, 0.1) is 18.2 Å². The lowest BCUT2D eigenvalue weighted by molar-refractivity contribution is -0.120. The number of carbonyl (C=O) groups excluding carboxylic acids is 1. The standard InChI is InChI=1S/C25H35FN6O3/c1-25(2,35)18-5-3-16(4-6-18)12-32(19-7-8-19)24-22(26)23(29-15-30-24)28-11-17-9-10-31(13-20(17)33)14-21(27)34/h3-6,15,17,19-20,33,35H,7-14H2,1-2H3,(H2,27,34)(H,28,29,30). The molecule has 190 valence electrons. The minimum atomic E-state index is -0.917. The summed E-state index contributed by atoms with van der Waals surface area (Å²) in [4.78, 5) is 23.3. The molecule has 4 rings (SSSR count). The summed E-state index contributed by atoms with van der Waals surface area (Å²) in [5.74, 6) is -0.644. The molecule has 2 aliphatic rings. The molecule has 35 heavy (non-hydrogen) atoms. The van der Waals surface area contributed by atoms with Crippen LogP contribution in [0.15, 0.2) is 30.6 Å². The Kier molecular flexibility index (Phi) is 7.53. The van der Waals surface area contributed by atoms with Crippen molar-refractivity contribution in [2.45, 2.75) is 57.4 Å². The van der Waals surface area contributed by atoms with Crippen molar-refractivity contribution in [2.75, 3.05) is 36.4 Å². The number of aromatic nitrogens is 2. The molecule has 0 spiro atoms. The average Bonchev–Trinajstić information content (AvgIpc) is 3.63. The van der Waals surface area contributed by atoms with E-state index in [0.29, 0.717) is 32.6 Å². The number of hydrogen-bond acceptors (Lipinski definition) is 8. The topological polar surface area (TPSA) is 128 Å². The SMILES string of the molecule is CC(C)(O)c1ccc(CN(c2ncnc(NCC3CCN(CC(N)=O)CC3O)c2F)C2CC2)cc1. The number of aliphatic hydroxyl groups is 2. The molecule has 1 aromatic heterocycles. The molecule has 2 aromatic rings. The number of anilines is 2. The number of carbonyl (C=O) groups is 1. The Labute approximate surface area is 205 Å². The zero-order valence-corrected chi connectivity index (χ0v) is 20.3. The van der Waals surface area contributed by atoms with Crippen LogP contribution in [-0.4, -0.2) is 69.3 Å². The molecule has 5 N–H and O–H groups in total. The summed E-state index contributed by atoms with van der Waals surface area (Å²) in [5, 5.41) is 23.7. The van der Waals surface area contributed by atoms with Gasteiger partial charge in [0.15, 0.2) is 11.6 Å². The molecule has 1 aromatic carbocycles. The summed E-state index contributed by atoms with van der Waals surface area (Å²) < 4.78 is 15.5. The van der Waals surface area contributed by atoms with Crippen molar-refractivity contribution >= 4 is 17.5 Å². The number of nitrogens with zero attached hydrogens (tertiary/aromatic N) is 4. The van der Waals surface area contributed by atoms with Crippen molar-refractivity contribution in [3.63, 3.8) is 0 Å². The third-order valence-electron chi connectivity index (χ3n) is 6.76. The Morgan fingerprint density at radius 3 is 2.57 bits per heavy atom. The van der Waals surface area contributed by atoms with E-state index in [1.165, 1.54) is 6.33 Å². The molecule has 2 heterocycles. The van der Waals surface area contributed by atoms with Crippen molar-refractivity contribution in [1.29, 1.82) is 0 Å². The lowest BCUT2D eigenvalue weighted by Crippen LogP contribution is -2.48. The molecule has 2 atom stereocenters. The molecule has 1 aliphatic heterocycles. The molecule has 1 saturated heterocycles. The van der Waals surface area contributed by atoms with Gasteiger partial charge in [0.2, 0.25) is 11.7 Å². The first-order valence-corrected chi connectivity index (χ1v) is 12.1. The summed E-state index contributed by atoms with van der Waals surface area (Å²) in [6.45, 7) is 5.47. The van der Waals surface area contributed by atoms with Gasteiger partial charge in [-0.1, -0.05) is 24.3 Å². The fourth-order valence-corrected chi connectivity index (χ4v) is 4.54. The number of aliphatic hydroxyl groups excluding tert-OH is 1. The van der Waals surface area contributed by atoms with Gasteiger partial charge in [0.1, 0.15) is 6.33 Å². The second-order valence-corrected chi connectivity index (χ2v) is 10.2. The van der Waals surface area contributed by atoms with Gasteiger partial charge in [-0.15, -0.1) is 0 Å². The number of nitrogens with two attached hydrogens (primary N) is 1. The number of rotatable bonds is 10. The number of halogens is 1. The van der Waals surface area contributed by atoms with E-state index < -0.39 is 23.4 Å². The van der Waals surface area contributed by atoms with Crippen LogP contribution in [0.5, 0.6) is 0 Å². The van der Waals surface area contributed by atoms with Crippen LogP contribution in [0.25, 0.3) is 0 Å². The van der Waals surface area contributed by atoms with Crippen molar-refractivity contribution in [3.8, 4) is 0 Å². The second kappa shape index (κ2) is 10.4. The first-order chi connectivity index (χ1) is 16.6. The molecule has 0 bridgehead atoms. The summed E-state index contributed by atoms with van der Waals surface area (Å²) in [6, 6.07) is 7.91. The number of β-amino-alcohol motifs (C(OH)–C–C–N with tert-alkyl or cyclic N) is 1. The number of amides is 1. The van der Waals surface area contributed by atoms with E-state index in [2.05, 4.69) is 15.3 Å². The maximum absolute atomic E-state index is 15.5. The maximum atomic E-state index is 15.5. The molecule has 0 radical (unpaired) electrons. The number of likely N-dealkylation sites (tertiary alicyclic amines) is 1. The zero-order chi connectivity index (χ0) is 25.2. The van der Waals surface area contributed by atoms with Crippen molar-refractivity contribution in [2.24, 2.45) is 11.7 Å². The fraction of sp³-hybridized carbons (Fsp3) is 0.560.